The third-order valence-electron chi connectivity index (χ3n) is 2.66. The van der Waals surface area contributed by atoms with Crippen LogP contribution in [0.2, 0.25) is 0 Å². The van der Waals surface area contributed by atoms with Gasteiger partial charge >= 0.3 is 0 Å². The fraction of sp³-hybridized carbons (Fsp3) is 0.833. The summed E-state index contributed by atoms with van der Waals surface area (Å²) in [5, 5.41) is 0. The van der Waals surface area contributed by atoms with E-state index in [9.17, 15) is 0 Å². The predicted molar refractivity (Wildman–Crippen MR) is 58.8 cm³/mol. The minimum atomic E-state index is 0.445. The molecule has 1 aliphatic heterocycles. The van der Waals surface area contributed by atoms with Gasteiger partial charge in [-0.05, 0) is 37.3 Å². The minimum Gasteiger partial charge on any atom is -0.303 e. The quantitative estimate of drug-likeness (QED) is 0.592. The van der Waals surface area contributed by atoms with E-state index >= 15 is 0 Å². The van der Waals surface area contributed by atoms with Gasteiger partial charge in [-0.25, -0.2) is 0 Å². The van der Waals surface area contributed by atoms with Crippen molar-refractivity contribution in [3.63, 3.8) is 0 Å². The van der Waals surface area contributed by atoms with E-state index in [1.807, 2.05) is 0 Å². The van der Waals surface area contributed by atoms with Crippen LogP contribution in [0.25, 0.3) is 0 Å². The van der Waals surface area contributed by atoms with Gasteiger partial charge in [0.25, 0.3) is 0 Å². The van der Waals surface area contributed by atoms with Gasteiger partial charge in [-0.2, -0.15) is 0 Å². The van der Waals surface area contributed by atoms with Gasteiger partial charge in [0.15, 0.2) is 0 Å². The molecule has 1 aliphatic rings. The first-order chi connectivity index (χ1) is 6.01. The van der Waals surface area contributed by atoms with Crippen LogP contribution < -0.4 is 0 Å². The second kappa shape index (κ2) is 4.28. The number of hydrogen-bond acceptors (Lipinski definition) is 1. The van der Waals surface area contributed by atoms with Gasteiger partial charge in [-0.15, -0.1) is 6.58 Å². The van der Waals surface area contributed by atoms with E-state index in [0.29, 0.717) is 5.41 Å². The Hall–Kier alpha value is -0.300. The highest BCUT2D eigenvalue weighted by atomic mass is 15.1. The molecule has 1 heteroatoms. The van der Waals surface area contributed by atoms with Crippen molar-refractivity contribution in [3.8, 4) is 0 Å². The SMILES string of the molecule is C=CC1CCN(CC(C)(C)C)CC1. The zero-order valence-electron chi connectivity index (χ0n) is 9.34. The average Bonchev–Trinajstić information content (AvgIpc) is 2.03. The summed E-state index contributed by atoms with van der Waals surface area (Å²) in [4.78, 5) is 2.58. The summed E-state index contributed by atoms with van der Waals surface area (Å²) in [7, 11) is 0. The van der Waals surface area contributed by atoms with Gasteiger partial charge in [-0.1, -0.05) is 26.8 Å². The van der Waals surface area contributed by atoms with Crippen LogP contribution in [0.3, 0.4) is 0 Å². The normalized spacial score (nSPS) is 21.8. The molecule has 0 N–H and O–H groups in total. The van der Waals surface area contributed by atoms with E-state index in [-0.39, 0.29) is 0 Å². The second-order valence-corrected chi connectivity index (χ2v) is 5.41. The lowest BCUT2D eigenvalue weighted by molar-refractivity contribution is 0.148. The molecule has 0 radical (unpaired) electrons. The van der Waals surface area contributed by atoms with Crippen LogP contribution in [0.15, 0.2) is 12.7 Å². The van der Waals surface area contributed by atoms with Crippen LogP contribution in [-0.2, 0) is 0 Å². The molecular weight excluding hydrogens is 158 g/mol. The largest absolute Gasteiger partial charge is 0.303 e. The Kier molecular flexibility index (Phi) is 3.55. The number of rotatable bonds is 2. The summed E-state index contributed by atoms with van der Waals surface area (Å²) in [6.07, 6.45) is 4.73. The number of hydrogen-bond donors (Lipinski definition) is 0. The third kappa shape index (κ3) is 3.95. The van der Waals surface area contributed by atoms with Crippen molar-refractivity contribution in [2.24, 2.45) is 11.3 Å². The zero-order valence-corrected chi connectivity index (χ0v) is 9.34. The molecule has 1 heterocycles. The number of likely N-dealkylation sites (tertiary alicyclic amines) is 1. The Bertz CT molecular complexity index is 158. The summed E-state index contributed by atoms with van der Waals surface area (Å²) in [6.45, 7) is 14.6. The molecule has 0 aliphatic carbocycles. The topological polar surface area (TPSA) is 3.24 Å². The van der Waals surface area contributed by atoms with Crippen molar-refractivity contribution < 1.29 is 0 Å². The van der Waals surface area contributed by atoms with Crippen molar-refractivity contribution in [2.75, 3.05) is 19.6 Å². The minimum absolute atomic E-state index is 0.445. The maximum absolute atomic E-state index is 3.87. The summed E-state index contributed by atoms with van der Waals surface area (Å²) in [5.41, 5.74) is 0.445. The number of allylic oxidation sites excluding steroid dienone is 1. The van der Waals surface area contributed by atoms with Crippen LogP contribution in [0.1, 0.15) is 33.6 Å². The summed E-state index contributed by atoms with van der Waals surface area (Å²) in [5.74, 6) is 0.774. The lowest BCUT2D eigenvalue weighted by Crippen LogP contribution is -2.38. The lowest BCUT2D eigenvalue weighted by atomic mass is 9.92. The smallest absolute Gasteiger partial charge is 0.00300 e. The Labute approximate surface area is 82.8 Å². The maximum atomic E-state index is 3.87. The van der Waals surface area contributed by atoms with Gasteiger partial charge in [0.1, 0.15) is 0 Å². The number of piperidine rings is 1. The molecule has 0 aromatic rings. The summed E-state index contributed by atoms with van der Waals surface area (Å²) in [6, 6.07) is 0. The Morgan fingerprint density at radius 3 is 2.23 bits per heavy atom. The summed E-state index contributed by atoms with van der Waals surface area (Å²) >= 11 is 0. The monoisotopic (exact) mass is 181 g/mol. The molecule has 1 saturated heterocycles. The molecule has 76 valence electrons. The third-order valence-corrected chi connectivity index (χ3v) is 2.66. The highest BCUT2D eigenvalue weighted by Crippen LogP contribution is 2.22. The van der Waals surface area contributed by atoms with Crippen molar-refractivity contribution >= 4 is 0 Å². The van der Waals surface area contributed by atoms with Gasteiger partial charge < -0.3 is 4.90 Å². The molecule has 0 bridgehead atoms. The molecule has 0 aromatic heterocycles. The molecule has 0 unspecified atom stereocenters. The van der Waals surface area contributed by atoms with Crippen molar-refractivity contribution in [2.45, 2.75) is 33.6 Å². The Morgan fingerprint density at radius 2 is 1.85 bits per heavy atom. The Morgan fingerprint density at radius 1 is 1.31 bits per heavy atom. The van der Waals surface area contributed by atoms with Gasteiger partial charge in [0, 0.05) is 6.54 Å². The average molecular weight is 181 g/mol. The van der Waals surface area contributed by atoms with Crippen LogP contribution in [0, 0.1) is 11.3 Å². The van der Waals surface area contributed by atoms with Crippen molar-refractivity contribution in [3.05, 3.63) is 12.7 Å². The first-order valence-electron chi connectivity index (χ1n) is 5.36. The van der Waals surface area contributed by atoms with Crippen LogP contribution in [0.5, 0.6) is 0 Å². The van der Waals surface area contributed by atoms with E-state index in [4.69, 9.17) is 0 Å². The van der Waals surface area contributed by atoms with E-state index < -0.39 is 0 Å². The molecular formula is C12H23N. The molecule has 1 fully saturated rings. The lowest BCUT2D eigenvalue weighted by Gasteiger charge is -2.35. The molecule has 1 nitrogen and oxygen atoms in total. The van der Waals surface area contributed by atoms with Crippen LogP contribution in [-0.4, -0.2) is 24.5 Å². The summed E-state index contributed by atoms with van der Waals surface area (Å²) < 4.78 is 0. The van der Waals surface area contributed by atoms with Crippen molar-refractivity contribution in [1.29, 1.82) is 0 Å². The van der Waals surface area contributed by atoms with E-state index in [2.05, 4.69) is 38.3 Å². The second-order valence-electron chi connectivity index (χ2n) is 5.41. The molecule has 0 aromatic carbocycles. The molecule has 1 rings (SSSR count). The van der Waals surface area contributed by atoms with Gasteiger partial charge in [0.2, 0.25) is 0 Å². The van der Waals surface area contributed by atoms with Crippen molar-refractivity contribution in [1.82, 2.24) is 4.90 Å². The highest BCUT2D eigenvalue weighted by molar-refractivity contribution is 4.85. The molecule has 0 atom stereocenters. The zero-order chi connectivity index (χ0) is 9.90. The molecule has 0 spiro atoms. The van der Waals surface area contributed by atoms with Crippen LogP contribution in [0.4, 0.5) is 0 Å². The standard InChI is InChI=1S/C12H23N/c1-5-11-6-8-13(9-7-11)10-12(2,3)4/h5,11H,1,6-10H2,2-4H3. The first kappa shape index (κ1) is 10.8. The predicted octanol–water partition coefficient (Wildman–Crippen LogP) is 2.93. The molecule has 0 amide bonds. The molecule has 0 saturated carbocycles. The van der Waals surface area contributed by atoms with E-state index in [1.54, 1.807) is 0 Å². The maximum Gasteiger partial charge on any atom is 0.00300 e. The van der Waals surface area contributed by atoms with E-state index in [0.717, 1.165) is 5.92 Å². The van der Waals surface area contributed by atoms with E-state index in [1.165, 1.54) is 32.5 Å². The van der Waals surface area contributed by atoms with Crippen LogP contribution >= 0.6 is 0 Å². The van der Waals surface area contributed by atoms with Gasteiger partial charge in [-0.3, -0.25) is 0 Å². The first-order valence-corrected chi connectivity index (χ1v) is 5.36. The Balaban J connectivity index is 2.29. The molecule has 13 heavy (non-hydrogen) atoms. The highest BCUT2D eigenvalue weighted by Gasteiger charge is 2.21. The fourth-order valence-corrected chi connectivity index (χ4v) is 2.02. The number of nitrogens with zero attached hydrogens (tertiary/aromatic N) is 1. The van der Waals surface area contributed by atoms with Gasteiger partial charge in [0.05, 0.1) is 0 Å². The fourth-order valence-electron chi connectivity index (χ4n) is 2.02.